The van der Waals surface area contributed by atoms with Crippen molar-refractivity contribution in [2.24, 2.45) is 5.92 Å². The van der Waals surface area contributed by atoms with E-state index < -0.39 is 5.97 Å². The molecule has 10 heteroatoms. The number of carbonyl (C=O) groups is 2. The van der Waals surface area contributed by atoms with Crippen LogP contribution in [0.15, 0.2) is 48.9 Å². The van der Waals surface area contributed by atoms with E-state index in [2.05, 4.69) is 15.3 Å². The number of pyridine rings is 1. The van der Waals surface area contributed by atoms with Crippen molar-refractivity contribution >= 4 is 11.9 Å². The third kappa shape index (κ3) is 4.92. The minimum absolute atomic E-state index is 0.0626. The summed E-state index contributed by atoms with van der Waals surface area (Å²) >= 11 is 0. The molecular formula is C22H23N5O5. The van der Waals surface area contributed by atoms with E-state index >= 15 is 0 Å². The van der Waals surface area contributed by atoms with E-state index in [1.807, 2.05) is 24.3 Å². The second-order valence-corrected chi connectivity index (χ2v) is 7.54. The van der Waals surface area contributed by atoms with Crippen LogP contribution >= 0.6 is 0 Å². The van der Waals surface area contributed by atoms with Gasteiger partial charge in [-0.15, -0.1) is 5.10 Å². The Bertz CT molecular complexity index is 1110. The lowest BCUT2D eigenvalue weighted by Crippen LogP contribution is -2.32. The lowest BCUT2D eigenvalue weighted by atomic mass is 10.1. The smallest absolute Gasteiger partial charge is 0.337 e. The summed E-state index contributed by atoms with van der Waals surface area (Å²) in [7, 11) is 1.78. The molecule has 0 radical (unpaired) electrons. The monoisotopic (exact) mass is 437 g/mol. The quantitative estimate of drug-likeness (QED) is 0.568. The highest BCUT2D eigenvalue weighted by Crippen LogP contribution is 2.23. The average molecular weight is 437 g/mol. The molecule has 2 aromatic heterocycles. The maximum atomic E-state index is 12.6. The summed E-state index contributed by atoms with van der Waals surface area (Å²) in [5, 5.41) is 17.2. The molecule has 1 aliphatic rings. The van der Waals surface area contributed by atoms with E-state index in [4.69, 9.17) is 14.6 Å². The first kappa shape index (κ1) is 21.4. The number of rotatable bonds is 8. The molecule has 0 saturated carbocycles. The van der Waals surface area contributed by atoms with Crippen molar-refractivity contribution in [1.29, 1.82) is 0 Å². The highest BCUT2D eigenvalue weighted by molar-refractivity contribution is 5.87. The Hall–Kier alpha value is -3.79. The Morgan fingerprint density at radius 3 is 2.94 bits per heavy atom. The van der Waals surface area contributed by atoms with E-state index in [0.29, 0.717) is 36.9 Å². The molecular weight excluding hydrogens is 414 g/mol. The summed E-state index contributed by atoms with van der Waals surface area (Å²) in [5.74, 6) is -0.433. The Morgan fingerprint density at radius 1 is 1.31 bits per heavy atom. The number of hydrogen-bond donors (Lipinski definition) is 1. The number of carboxylic acid groups (broad SMARTS) is 1. The molecule has 3 aromatic rings. The molecule has 1 amide bonds. The largest absolute Gasteiger partial charge is 0.487 e. The number of aromatic nitrogens is 4. The second-order valence-electron chi connectivity index (χ2n) is 7.54. The van der Waals surface area contributed by atoms with Crippen LogP contribution in [0.4, 0.5) is 0 Å². The van der Waals surface area contributed by atoms with Crippen molar-refractivity contribution in [3.8, 4) is 11.4 Å². The standard InChI is InChI=1S/C22H23N5O5/c1-26(21(28)16-6-7-31-13-16)11-15-4-2-3-5-20(15)32-14-18-12-27(25-24-18)19-8-17(22(29)30)9-23-10-19/h2-5,8-10,12,16H,6-7,11,13-14H2,1H3,(H,29,30). The molecule has 1 unspecified atom stereocenters. The SMILES string of the molecule is CN(Cc1ccccc1OCc1cn(-c2cncc(C(=O)O)c2)nn1)C(=O)C1CCOC1. The Morgan fingerprint density at radius 2 is 2.16 bits per heavy atom. The molecule has 32 heavy (non-hydrogen) atoms. The van der Waals surface area contributed by atoms with Crippen LogP contribution in [-0.2, 0) is 22.7 Å². The van der Waals surface area contributed by atoms with Crippen LogP contribution in [0.1, 0.15) is 28.0 Å². The molecule has 3 heterocycles. The molecule has 166 valence electrons. The van der Waals surface area contributed by atoms with Gasteiger partial charge in [0, 0.05) is 32.0 Å². The average Bonchev–Trinajstić information content (AvgIpc) is 3.50. The van der Waals surface area contributed by atoms with Crippen LogP contribution in [0, 0.1) is 5.92 Å². The molecule has 1 aromatic carbocycles. The van der Waals surface area contributed by atoms with Gasteiger partial charge in [-0.1, -0.05) is 23.4 Å². The third-order valence-electron chi connectivity index (χ3n) is 5.19. The highest BCUT2D eigenvalue weighted by atomic mass is 16.5. The van der Waals surface area contributed by atoms with Gasteiger partial charge in [0.15, 0.2) is 0 Å². The molecule has 1 fully saturated rings. The Labute approximate surface area is 184 Å². The summed E-state index contributed by atoms with van der Waals surface area (Å²) in [6.45, 7) is 1.69. The van der Waals surface area contributed by atoms with Crippen LogP contribution in [0.5, 0.6) is 5.75 Å². The zero-order valence-electron chi connectivity index (χ0n) is 17.5. The summed E-state index contributed by atoms with van der Waals surface area (Å²) in [4.78, 5) is 29.3. The summed E-state index contributed by atoms with van der Waals surface area (Å²) < 4.78 is 12.7. The molecule has 0 bridgehead atoms. The van der Waals surface area contributed by atoms with Crippen molar-refractivity contribution in [1.82, 2.24) is 24.9 Å². The fourth-order valence-electron chi connectivity index (χ4n) is 3.46. The lowest BCUT2D eigenvalue weighted by Gasteiger charge is -2.21. The predicted molar refractivity (Wildman–Crippen MR) is 112 cm³/mol. The van der Waals surface area contributed by atoms with Crippen LogP contribution in [0.3, 0.4) is 0 Å². The van der Waals surface area contributed by atoms with Crippen LogP contribution < -0.4 is 4.74 Å². The molecule has 1 atom stereocenters. The van der Waals surface area contributed by atoms with Gasteiger partial charge >= 0.3 is 5.97 Å². The van der Waals surface area contributed by atoms with Crippen LogP contribution in [0.25, 0.3) is 5.69 Å². The minimum Gasteiger partial charge on any atom is -0.487 e. The van der Waals surface area contributed by atoms with Gasteiger partial charge in [-0.2, -0.15) is 0 Å². The molecule has 1 aliphatic heterocycles. The summed E-state index contributed by atoms with van der Waals surface area (Å²) in [5.41, 5.74) is 1.99. The van der Waals surface area contributed by atoms with Crippen LogP contribution in [0.2, 0.25) is 0 Å². The Balaban J connectivity index is 1.41. The number of benzene rings is 1. The molecule has 0 aliphatic carbocycles. The molecule has 10 nitrogen and oxygen atoms in total. The van der Waals surface area contributed by atoms with Gasteiger partial charge in [0.05, 0.1) is 36.2 Å². The zero-order valence-corrected chi connectivity index (χ0v) is 17.5. The number of amides is 1. The maximum absolute atomic E-state index is 12.6. The van der Waals surface area contributed by atoms with Crippen molar-refractivity contribution in [2.45, 2.75) is 19.6 Å². The number of carboxylic acids is 1. The number of para-hydroxylation sites is 1. The number of ether oxygens (including phenoxy) is 2. The molecule has 1 N–H and O–H groups in total. The number of nitrogens with zero attached hydrogens (tertiary/aromatic N) is 5. The van der Waals surface area contributed by atoms with E-state index in [1.54, 1.807) is 18.1 Å². The van der Waals surface area contributed by atoms with Gasteiger partial charge in [0.25, 0.3) is 0 Å². The fourth-order valence-corrected chi connectivity index (χ4v) is 3.46. The van der Waals surface area contributed by atoms with Crippen molar-refractivity contribution < 1.29 is 24.2 Å². The van der Waals surface area contributed by atoms with Gasteiger partial charge in [0.1, 0.15) is 18.1 Å². The van der Waals surface area contributed by atoms with Crippen molar-refractivity contribution in [2.75, 3.05) is 20.3 Å². The lowest BCUT2D eigenvalue weighted by molar-refractivity contribution is -0.134. The number of aromatic carboxylic acids is 1. The van der Waals surface area contributed by atoms with E-state index in [0.717, 1.165) is 12.0 Å². The molecule has 1 saturated heterocycles. The molecule has 4 rings (SSSR count). The normalized spacial score (nSPS) is 15.5. The van der Waals surface area contributed by atoms with Crippen LogP contribution in [-0.4, -0.2) is 62.1 Å². The van der Waals surface area contributed by atoms with E-state index in [-0.39, 0.29) is 24.0 Å². The topological polar surface area (TPSA) is 120 Å². The van der Waals surface area contributed by atoms with Gasteiger partial charge in [-0.05, 0) is 18.6 Å². The van der Waals surface area contributed by atoms with E-state index in [9.17, 15) is 9.59 Å². The zero-order chi connectivity index (χ0) is 22.5. The maximum Gasteiger partial charge on any atom is 0.337 e. The third-order valence-corrected chi connectivity index (χ3v) is 5.19. The predicted octanol–water partition coefficient (Wildman–Crippen LogP) is 1.93. The first-order valence-electron chi connectivity index (χ1n) is 10.1. The van der Waals surface area contributed by atoms with Crippen molar-refractivity contribution in [3.05, 3.63) is 65.7 Å². The summed E-state index contributed by atoms with van der Waals surface area (Å²) in [6.07, 6.45) is 5.18. The highest BCUT2D eigenvalue weighted by Gasteiger charge is 2.26. The fraction of sp³-hybridized carbons (Fsp3) is 0.318. The van der Waals surface area contributed by atoms with Gasteiger partial charge < -0.3 is 19.5 Å². The van der Waals surface area contributed by atoms with Gasteiger partial charge in [-0.25, -0.2) is 9.48 Å². The first-order valence-corrected chi connectivity index (χ1v) is 10.1. The number of carbonyl (C=O) groups excluding carboxylic acids is 1. The summed E-state index contributed by atoms with van der Waals surface area (Å²) in [6, 6.07) is 9.00. The van der Waals surface area contributed by atoms with Crippen molar-refractivity contribution in [3.63, 3.8) is 0 Å². The van der Waals surface area contributed by atoms with Gasteiger partial charge in [-0.3, -0.25) is 9.78 Å². The second kappa shape index (κ2) is 9.56. The van der Waals surface area contributed by atoms with Gasteiger partial charge in [0.2, 0.25) is 5.91 Å². The van der Waals surface area contributed by atoms with E-state index in [1.165, 1.54) is 23.1 Å². The minimum atomic E-state index is -1.07. The number of hydrogen-bond acceptors (Lipinski definition) is 7. The Kier molecular flexibility index (Phi) is 6.41. The molecule has 0 spiro atoms. The first-order chi connectivity index (χ1) is 15.5.